The summed E-state index contributed by atoms with van der Waals surface area (Å²) < 4.78 is 77.4. The molecule has 0 amide bonds. The van der Waals surface area contributed by atoms with Crippen LogP contribution < -0.4 is 3.71 Å². The van der Waals surface area contributed by atoms with Crippen LogP contribution >= 0.6 is 0 Å². The summed E-state index contributed by atoms with van der Waals surface area (Å²) in [6.45, 7) is 2.89. The van der Waals surface area contributed by atoms with Crippen molar-refractivity contribution < 1.29 is 35.5 Å². The highest BCUT2D eigenvalue weighted by Crippen LogP contribution is 2.31. The first kappa shape index (κ1) is 20.3. The Morgan fingerprint density at radius 3 is 1.88 bits per heavy atom. The number of halogens is 2. The van der Waals surface area contributed by atoms with E-state index in [9.17, 15) is 30.4 Å². The zero-order valence-electron chi connectivity index (χ0n) is 13.0. The number of sulfonamides is 2. The minimum Gasteiger partial charge on any atom is -0.478 e. The Kier molecular flexibility index (Phi) is 6.28. The van der Waals surface area contributed by atoms with Crippen molar-refractivity contribution in [2.24, 2.45) is 0 Å². The molecule has 24 heavy (non-hydrogen) atoms. The molecule has 0 atom stereocenters. The number of hydrogen-bond acceptors (Lipinski definition) is 5. The van der Waals surface area contributed by atoms with Gasteiger partial charge in [-0.25, -0.2) is 30.4 Å². The van der Waals surface area contributed by atoms with Crippen molar-refractivity contribution in [3.8, 4) is 0 Å². The minimum atomic E-state index is -4.62. The third kappa shape index (κ3) is 4.01. The Hall–Kier alpha value is -1.75. The fourth-order valence-electron chi connectivity index (χ4n) is 2.01. The fourth-order valence-corrected chi connectivity index (χ4v) is 6.09. The monoisotopic (exact) mass is 385 g/mol. The summed E-state index contributed by atoms with van der Waals surface area (Å²) in [5.74, 6) is -6.38. The van der Waals surface area contributed by atoms with Gasteiger partial charge in [0, 0.05) is 0 Å². The van der Waals surface area contributed by atoms with Gasteiger partial charge in [0.05, 0.1) is 17.1 Å². The van der Waals surface area contributed by atoms with Crippen molar-refractivity contribution in [2.75, 3.05) is 15.2 Å². The number of benzene rings is 1. The Labute approximate surface area is 139 Å². The summed E-state index contributed by atoms with van der Waals surface area (Å²) in [6, 6.07) is 1.10. The normalized spacial score (nSPS) is 12.2. The summed E-state index contributed by atoms with van der Waals surface area (Å²) in [4.78, 5) is 11.0. The van der Waals surface area contributed by atoms with Crippen LogP contribution in [0.4, 0.5) is 14.5 Å². The SMILES string of the molecule is CCCS(=O)(=O)N(c1c(F)ccc(C(=O)O)c1F)S(=O)(=O)CCC. The summed E-state index contributed by atoms with van der Waals surface area (Å²) >= 11 is 0. The zero-order valence-corrected chi connectivity index (χ0v) is 14.6. The van der Waals surface area contributed by atoms with Gasteiger partial charge in [0.15, 0.2) is 11.6 Å². The van der Waals surface area contributed by atoms with Crippen LogP contribution in [0.5, 0.6) is 0 Å². The van der Waals surface area contributed by atoms with Gasteiger partial charge in [0.25, 0.3) is 0 Å². The molecule has 0 spiro atoms. The molecule has 0 saturated carbocycles. The Morgan fingerprint density at radius 2 is 1.50 bits per heavy atom. The molecule has 136 valence electrons. The zero-order chi connectivity index (χ0) is 18.7. The van der Waals surface area contributed by atoms with E-state index in [0.717, 1.165) is 0 Å². The van der Waals surface area contributed by atoms with Gasteiger partial charge in [-0.15, -0.1) is 0 Å². The van der Waals surface area contributed by atoms with Crippen molar-refractivity contribution in [1.29, 1.82) is 0 Å². The molecule has 0 saturated heterocycles. The molecular weight excluding hydrogens is 368 g/mol. The third-order valence-corrected chi connectivity index (χ3v) is 7.50. The van der Waals surface area contributed by atoms with Gasteiger partial charge in [-0.05, 0) is 25.0 Å². The highest BCUT2D eigenvalue weighted by Gasteiger charge is 2.38. The van der Waals surface area contributed by atoms with Gasteiger partial charge >= 0.3 is 5.97 Å². The molecule has 0 aromatic heterocycles. The molecule has 0 radical (unpaired) electrons. The van der Waals surface area contributed by atoms with Gasteiger partial charge < -0.3 is 5.11 Å². The van der Waals surface area contributed by atoms with Crippen LogP contribution in [0.2, 0.25) is 0 Å². The molecule has 0 aliphatic rings. The molecule has 7 nitrogen and oxygen atoms in total. The van der Waals surface area contributed by atoms with E-state index in [1.165, 1.54) is 13.8 Å². The smallest absolute Gasteiger partial charge is 0.338 e. The maximum atomic E-state index is 14.4. The molecule has 0 bridgehead atoms. The molecule has 0 fully saturated rings. The highest BCUT2D eigenvalue weighted by atomic mass is 32.3. The Balaban J connectivity index is 3.82. The predicted octanol–water partition coefficient (Wildman–Crippen LogP) is 1.95. The quantitative estimate of drug-likeness (QED) is 0.733. The topological polar surface area (TPSA) is 109 Å². The number of aromatic carboxylic acids is 1. The van der Waals surface area contributed by atoms with Gasteiger partial charge in [-0.1, -0.05) is 13.8 Å². The van der Waals surface area contributed by atoms with E-state index < -0.39 is 60.4 Å². The van der Waals surface area contributed by atoms with Crippen LogP contribution in [0.3, 0.4) is 0 Å². The lowest BCUT2D eigenvalue weighted by atomic mass is 10.2. The van der Waals surface area contributed by atoms with E-state index in [-0.39, 0.29) is 16.6 Å². The summed E-state index contributed by atoms with van der Waals surface area (Å²) in [5, 5.41) is 8.90. The largest absolute Gasteiger partial charge is 0.478 e. The highest BCUT2D eigenvalue weighted by molar-refractivity contribution is 8.10. The van der Waals surface area contributed by atoms with E-state index in [0.29, 0.717) is 12.1 Å². The molecular formula is C13H17F2NO6S2. The van der Waals surface area contributed by atoms with Gasteiger partial charge in [0.1, 0.15) is 5.69 Å². The third-order valence-electron chi connectivity index (χ3n) is 2.91. The number of hydrogen-bond donors (Lipinski definition) is 1. The van der Waals surface area contributed by atoms with Crippen LogP contribution in [0.1, 0.15) is 37.0 Å². The molecule has 1 N–H and O–H groups in total. The predicted molar refractivity (Wildman–Crippen MR) is 84.0 cm³/mol. The van der Waals surface area contributed by atoms with Crippen molar-refractivity contribution in [1.82, 2.24) is 0 Å². The van der Waals surface area contributed by atoms with Crippen LogP contribution in [-0.4, -0.2) is 39.4 Å². The number of carboxylic acids is 1. The second-order valence-corrected chi connectivity index (χ2v) is 9.00. The maximum absolute atomic E-state index is 14.4. The summed E-state index contributed by atoms with van der Waals surface area (Å²) in [5.41, 5.74) is -2.45. The van der Waals surface area contributed by atoms with Crippen molar-refractivity contribution in [3.63, 3.8) is 0 Å². The van der Waals surface area contributed by atoms with E-state index in [1.807, 2.05) is 0 Å². The van der Waals surface area contributed by atoms with Crippen molar-refractivity contribution in [2.45, 2.75) is 26.7 Å². The average molecular weight is 385 g/mol. The first-order valence-corrected chi connectivity index (χ1v) is 10.2. The summed E-state index contributed by atoms with van der Waals surface area (Å²) in [6.07, 6.45) is 0.00464. The van der Waals surface area contributed by atoms with Crippen LogP contribution in [0, 0.1) is 11.6 Å². The molecule has 1 aromatic rings. The number of anilines is 1. The number of nitrogens with zero attached hydrogens (tertiary/aromatic N) is 1. The average Bonchev–Trinajstić information content (AvgIpc) is 2.41. The van der Waals surface area contributed by atoms with Crippen LogP contribution in [-0.2, 0) is 20.0 Å². The number of carboxylic acid groups (broad SMARTS) is 1. The molecule has 11 heteroatoms. The lowest BCUT2D eigenvalue weighted by molar-refractivity contribution is 0.0692. The number of rotatable bonds is 8. The summed E-state index contributed by atoms with van der Waals surface area (Å²) in [7, 11) is -9.24. The lowest BCUT2D eigenvalue weighted by Crippen LogP contribution is -2.41. The molecule has 0 aliphatic carbocycles. The first-order chi connectivity index (χ1) is 11.0. The second kappa shape index (κ2) is 7.43. The molecule has 0 unspecified atom stereocenters. The van der Waals surface area contributed by atoms with Crippen molar-refractivity contribution >= 4 is 31.7 Å². The maximum Gasteiger partial charge on any atom is 0.338 e. The van der Waals surface area contributed by atoms with Gasteiger partial charge in [0.2, 0.25) is 20.0 Å². The molecule has 1 rings (SSSR count). The van der Waals surface area contributed by atoms with Gasteiger partial charge in [-0.3, -0.25) is 0 Å². The fraction of sp³-hybridized carbons (Fsp3) is 0.462. The minimum absolute atomic E-state index is 0.00232. The van der Waals surface area contributed by atoms with Crippen LogP contribution in [0.25, 0.3) is 0 Å². The standard InChI is InChI=1S/C13H17F2NO6S2/c1-3-7-23(19,20)16(24(21,22)8-4-2)12-10(14)6-5-9(11(12)15)13(17)18/h5-6H,3-4,7-8H2,1-2H3,(H,17,18). The molecule has 0 aliphatic heterocycles. The lowest BCUT2D eigenvalue weighted by Gasteiger charge is -2.24. The van der Waals surface area contributed by atoms with E-state index in [2.05, 4.69) is 0 Å². The molecule has 0 heterocycles. The van der Waals surface area contributed by atoms with Gasteiger partial charge in [-0.2, -0.15) is 3.71 Å². The number of carbonyl (C=O) groups is 1. The molecule has 1 aromatic carbocycles. The second-order valence-electron chi connectivity index (χ2n) is 4.89. The Bertz CT molecular complexity index is 800. The van der Waals surface area contributed by atoms with E-state index in [1.54, 1.807) is 0 Å². The Morgan fingerprint density at radius 1 is 1.04 bits per heavy atom. The first-order valence-electron chi connectivity index (χ1n) is 6.96. The van der Waals surface area contributed by atoms with E-state index >= 15 is 0 Å². The van der Waals surface area contributed by atoms with Crippen LogP contribution in [0.15, 0.2) is 12.1 Å². The van der Waals surface area contributed by atoms with Crippen molar-refractivity contribution in [3.05, 3.63) is 29.3 Å². The van der Waals surface area contributed by atoms with E-state index in [4.69, 9.17) is 5.11 Å².